The fraction of sp³-hybridized carbons (Fsp3) is 0.600. The molecule has 140 valence electrons. The van der Waals surface area contributed by atoms with Crippen molar-refractivity contribution in [1.82, 2.24) is 0 Å². The summed E-state index contributed by atoms with van der Waals surface area (Å²) in [5.41, 5.74) is 0. The Hall–Kier alpha value is -2.46. The number of esters is 2. The fourth-order valence-corrected chi connectivity index (χ4v) is 1.39. The number of nitroso groups, excluding NO2 is 2. The van der Waals surface area contributed by atoms with Crippen LogP contribution in [0.15, 0.2) is 35.7 Å². The quantitative estimate of drug-likeness (QED) is 0.242. The predicted molar refractivity (Wildman–Crippen MR) is 87.7 cm³/mol. The molecule has 0 rings (SSSR count). The number of carbonyl (C=O) groups is 2. The molecular formula is C15H22N2O8. The zero-order valence-corrected chi connectivity index (χ0v) is 14.0. The van der Waals surface area contributed by atoms with Crippen molar-refractivity contribution in [2.24, 2.45) is 10.4 Å². The third kappa shape index (κ3) is 11.7. The minimum Gasteiger partial charge on any atom is -0.460 e. The van der Waals surface area contributed by atoms with E-state index in [0.717, 1.165) is 12.2 Å². The summed E-state index contributed by atoms with van der Waals surface area (Å²) in [5.74, 6) is -1.32. The van der Waals surface area contributed by atoms with Gasteiger partial charge in [0.05, 0.1) is 25.9 Å². The van der Waals surface area contributed by atoms with Crippen molar-refractivity contribution in [3.05, 3.63) is 35.1 Å². The minimum absolute atomic E-state index is 0.0616. The van der Waals surface area contributed by atoms with Crippen molar-refractivity contribution >= 4 is 11.9 Å². The third-order valence-corrected chi connectivity index (χ3v) is 2.70. The van der Waals surface area contributed by atoms with Crippen molar-refractivity contribution in [3.8, 4) is 0 Å². The first-order chi connectivity index (χ1) is 12.0. The van der Waals surface area contributed by atoms with E-state index in [-0.39, 0.29) is 33.0 Å². The summed E-state index contributed by atoms with van der Waals surface area (Å²) in [5, 5.41) is 5.58. The van der Waals surface area contributed by atoms with Gasteiger partial charge in [-0.25, -0.2) is 9.59 Å². The third-order valence-electron chi connectivity index (χ3n) is 2.70. The predicted octanol–water partition coefficient (Wildman–Crippen LogP) is 1.14. The van der Waals surface area contributed by atoms with Crippen molar-refractivity contribution in [2.75, 3.05) is 33.0 Å². The molecule has 0 aromatic carbocycles. The first kappa shape index (κ1) is 22.5. The first-order valence-corrected chi connectivity index (χ1v) is 7.39. The molecule has 0 aliphatic rings. The maximum Gasteiger partial charge on any atom is 0.330 e. The van der Waals surface area contributed by atoms with Gasteiger partial charge in [0.15, 0.2) is 0 Å². The zero-order valence-electron chi connectivity index (χ0n) is 14.0. The molecule has 0 saturated heterocycles. The summed E-state index contributed by atoms with van der Waals surface area (Å²) in [7, 11) is 0. The van der Waals surface area contributed by atoms with Crippen LogP contribution in [0.2, 0.25) is 0 Å². The highest BCUT2D eigenvalue weighted by Crippen LogP contribution is 2.01. The van der Waals surface area contributed by atoms with E-state index in [1.807, 2.05) is 0 Å². The van der Waals surface area contributed by atoms with Crippen LogP contribution in [0.5, 0.6) is 0 Å². The van der Waals surface area contributed by atoms with Crippen molar-refractivity contribution in [2.45, 2.75) is 25.1 Å². The summed E-state index contributed by atoms with van der Waals surface area (Å²) < 4.78 is 20.0. The van der Waals surface area contributed by atoms with Crippen LogP contribution in [-0.4, -0.2) is 63.2 Å². The van der Waals surface area contributed by atoms with Crippen LogP contribution in [-0.2, 0) is 28.5 Å². The van der Waals surface area contributed by atoms with E-state index >= 15 is 0 Å². The van der Waals surface area contributed by atoms with Crippen LogP contribution in [0.3, 0.4) is 0 Å². The summed E-state index contributed by atoms with van der Waals surface area (Å²) in [6, 6.07) is -1.70. The van der Waals surface area contributed by atoms with E-state index < -0.39 is 30.1 Å². The lowest BCUT2D eigenvalue weighted by atomic mass is 10.3. The highest BCUT2D eigenvalue weighted by Gasteiger charge is 2.15. The molecular weight excluding hydrogens is 336 g/mol. The van der Waals surface area contributed by atoms with Crippen molar-refractivity contribution in [1.29, 1.82) is 0 Å². The molecule has 25 heavy (non-hydrogen) atoms. The molecule has 10 heteroatoms. The van der Waals surface area contributed by atoms with Gasteiger partial charge in [0.1, 0.15) is 25.3 Å². The molecule has 3 atom stereocenters. The number of carbonyl (C=O) groups excluding carboxylic acids is 2. The Morgan fingerprint density at radius 1 is 0.880 bits per heavy atom. The Balaban J connectivity index is 3.98. The Kier molecular flexibility index (Phi) is 12.6. The summed E-state index contributed by atoms with van der Waals surface area (Å²) in [6.07, 6.45) is 1.54. The van der Waals surface area contributed by atoms with Crippen LogP contribution < -0.4 is 0 Å². The molecule has 0 amide bonds. The summed E-state index contributed by atoms with van der Waals surface area (Å²) >= 11 is 0. The second kappa shape index (κ2) is 13.9. The Morgan fingerprint density at radius 2 is 1.36 bits per heavy atom. The SMILES string of the molecule is C=CC(=O)OCC(COCC(C)OCC(COC(=O)C=C)N=O)N=O. The largest absolute Gasteiger partial charge is 0.460 e. The average Bonchev–Trinajstić information content (AvgIpc) is 2.63. The molecule has 3 unspecified atom stereocenters. The molecule has 0 saturated carbocycles. The highest BCUT2D eigenvalue weighted by molar-refractivity contribution is 5.81. The van der Waals surface area contributed by atoms with Gasteiger partial charge in [0, 0.05) is 12.2 Å². The standard InChI is InChI=1S/C15H22N2O8/c1-4-14(18)24-9-12(16-20)7-22-6-11(3)23-8-13(17-21)10-25-15(19)5-2/h4-5,11-13H,1-2,6-10H2,3H3. The van der Waals surface area contributed by atoms with Crippen LogP contribution in [0.25, 0.3) is 0 Å². The van der Waals surface area contributed by atoms with Crippen LogP contribution >= 0.6 is 0 Å². The van der Waals surface area contributed by atoms with Gasteiger partial charge in [0.2, 0.25) is 0 Å². The van der Waals surface area contributed by atoms with E-state index in [0.29, 0.717) is 0 Å². The van der Waals surface area contributed by atoms with Crippen LogP contribution in [0.4, 0.5) is 0 Å². The molecule has 0 spiro atoms. The maximum atomic E-state index is 10.9. The van der Waals surface area contributed by atoms with Crippen LogP contribution in [0.1, 0.15) is 6.92 Å². The molecule has 0 bridgehead atoms. The van der Waals surface area contributed by atoms with Gasteiger partial charge in [-0.05, 0) is 6.92 Å². The van der Waals surface area contributed by atoms with E-state index in [1.165, 1.54) is 0 Å². The lowest BCUT2D eigenvalue weighted by Crippen LogP contribution is -2.28. The van der Waals surface area contributed by atoms with Gasteiger partial charge in [-0.1, -0.05) is 23.5 Å². The first-order valence-electron chi connectivity index (χ1n) is 7.39. The average molecular weight is 358 g/mol. The Labute approximate surface area is 145 Å². The lowest BCUT2D eigenvalue weighted by molar-refractivity contribution is -0.140. The summed E-state index contributed by atoms with van der Waals surface area (Å²) in [4.78, 5) is 43.0. The Bertz CT molecular complexity index is 468. The molecule has 0 radical (unpaired) electrons. The van der Waals surface area contributed by atoms with Gasteiger partial charge in [0.25, 0.3) is 0 Å². The topological polar surface area (TPSA) is 130 Å². The van der Waals surface area contributed by atoms with Gasteiger partial charge >= 0.3 is 11.9 Å². The van der Waals surface area contributed by atoms with E-state index in [2.05, 4.69) is 23.5 Å². The van der Waals surface area contributed by atoms with Crippen LogP contribution in [0, 0.1) is 9.81 Å². The van der Waals surface area contributed by atoms with Gasteiger partial charge in [-0.15, -0.1) is 0 Å². The number of rotatable bonds is 15. The second-order valence-corrected chi connectivity index (χ2v) is 4.87. The molecule has 0 aromatic rings. The summed E-state index contributed by atoms with van der Waals surface area (Å²) in [6.45, 7) is 7.69. The van der Waals surface area contributed by atoms with Gasteiger partial charge in [-0.3, -0.25) is 0 Å². The molecule has 10 nitrogen and oxygen atoms in total. The Morgan fingerprint density at radius 3 is 1.80 bits per heavy atom. The number of nitrogens with zero attached hydrogens (tertiary/aromatic N) is 2. The minimum atomic E-state index is -0.853. The molecule has 0 N–H and O–H groups in total. The smallest absolute Gasteiger partial charge is 0.330 e. The monoisotopic (exact) mass is 358 g/mol. The fourth-order valence-electron chi connectivity index (χ4n) is 1.39. The highest BCUT2D eigenvalue weighted by atomic mass is 16.6. The van der Waals surface area contributed by atoms with E-state index in [4.69, 9.17) is 18.9 Å². The normalized spacial score (nSPS) is 13.8. The number of hydrogen-bond donors (Lipinski definition) is 0. The van der Waals surface area contributed by atoms with Crippen molar-refractivity contribution in [3.63, 3.8) is 0 Å². The maximum absolute atomic E-state index is 10.9. The van der Waals surface area contributed by atoms with Gasteiger partial charge < -0.3 is 18.9 Å². The molecule has 0 aliphatic carbocycles. The zero-order chi connectivity index (χ0) is 19.1. The molecule has 0 fully saturated rings. The molecule has 0 aliphatic heterocycles. The second-order valence-electron chi connectivity index (χ2n) is 4.87. The molecule has 0 aromatic heterocycles. The van der Waals surface area contributed by atoms with Gasteiger partial charge in [-0.2, -0.15) is 9.81 Å². The lowest BCUT2D eigenvalue weighted by Gasteiger charge is -2.16. The van der Waals surface area contributed by atoms with E-state index in [9.17, 15) is 19.4 Å². The number of hydrogen-bond acceptors (Lipinski definition) is 10. The van der Waals surface area contributed by atoms with E-state index in [1.54, 1.807) is 6.92 Å². The molecule has 0 heterocycles. The number of ether oxygens (including phenoxy) is 4. The van der Waals surface area contributed by atoms with Crippen molar-refractivity contribution < 1.29 is 28.5 Å².